The second-order valence-electron chi connectivity index (χ2n) is 4.30. The predicted octanol–water partition coefficient (Wildman–Crippen LogP) is 4.43. The number of halogens is 1. The summed E-state index contributed by atoms with van der Waals surface area (Å²) in [5.41, 5.74) is 2.90. The minimum atomic E-state index is 0.734. The molecule has 0 saturated heterocycles. The fraction of sp³-hybridized carbons (Fsp3) is 0. The number of hydrogen-bond donors (Lipinski definition) is 1. The van der Waals surface area contributed by atoms with E-state index in [9.17, 15) is 0 Å². The number of benzene rings is 1. The molecule has 0 saturated carbocycles. The summed E-state index contributed by atoms with van der Waals surface area (Å²) in [5, 5.41) is 9.82. The first kappa shape index (κ1) is 12.2. The van der Waals surface area contributed by atoms with Gasteiger partial charge in [-0.25, -0.2) is 4.98 Å². The molecule has 4 aromatic rings. The molecule has 0 bridgehead atoms. The Morgan fingerprint density at radius 1 is 1.25 bits per heavy atom. The monoisotopic (exact) mass is 362 g/mol. The Labute approximate surface area is 131 Å². The maximum Gasteiger partial charge on any atom is 0.197 e. The minimum Gasteiger partial charge on any atom is -0.274 e. The quantitative estimate of drug-likeness (QED) is 0.509. The number of hydrogen-bond acceptors (Lipinski definition) is 4. The van der Waals surface area contributed by atoms with Crippen molar-refractivity contribution in [1.29, 1.82) is 0 Å². The summed E-state index contributed by atoms with van der Waals surface area (Å²) in [6.07, 6.45) is 1.72. The van der Waals surface area contributed by atoms with E-state index in [-0.39, 0.29) is 0 Å². The number of H-pyrrole nitrogens is 1. The van der Waals surface area contributed by atoms with E-state index in [1.54, 1.807) is 17.5 Å². The molecule has 7 heteroatoms. The number of rotatable bonds is 1. The zero-order valence-corrected chi connectivity index (χ0v) is 13.2. The first-order valence-corrected chi connectivity index (χ1v) is 7.91. The maximum atomic E-state index is 5.58. The van der Waals surface area contributed by atoms with Gasteiger partial charge in [0.2, 0.25) is 0 Å². The number of aromatic amines is 1. The van der Waals surface area contributed by atoms with E-state index in [4.69, 9.17) is 12.2 Å². The SMILES string of the molecule is S=c1c2cn[nH]c2nc2scc(-c3ccc(Br)cc3)n12. The van der Waals surface area contributed by atoms with Crippen molar-refractivity contribution in [3.63, 3.8) is 0 Å². The van der Waals surface area contributed by atoms with Crippen molar-refractivity contribution in [2.24, 2.45) is 0 Å². The van der Waals surface area contributed by atoms with Crippen LogP contribution in [0.25, 0.3) is 27.3 Å². The zero-order chi connectivity index (χ0) is 13.7. The predicted molar refractivity (Wildman–Crippen MR) is 86.7 cm³/mol. The van der Waals surface area contributed by atoms with E-state index in [0.717, 1.165) is 36.4 Å². The molecule has 98 valence electrons. The molecule has 3 heterocycles. The van der Waals surface area contributed by atoms with Crippen LogP contribution in [-0.2, 0) is 0 Å². The van der Waals surface area contributed by atoms with Crippen LogP contribution in [0.4, 0.5) is 0 Å². The van der Waals surface area contributed by atoms with E-state index in [0.29, 0.717) is 0 Å². The van der Waals surface area contributed by atoms with Crippen LogP contribution in [0.5, 0.6) is 0 Å². The smallest absolute Gasteiger partial charge is 0.197 e. The molecule has 3 aromatic heterocycles. The van der Waals surface area contributed by atoms with Gasteiger partial charge in [-0.15, -0.1) is 11.3 Å². The van der Waals surface area contributed by atoms with Crippen molar-refractivity contribution in [3.8, 4) is 11.3 Å². The molecule has 0 amide bonds. The highest BCUT2D eigenvalue weighted by molar-refractivity contribution is 9.10. The molecule has 20 heavy (non-hydrogen) atoms. The molecular weight excluding hydrogens is 356 g/mol. The molecule has 4 rings (SSSR count). The lowest BCUT2D eigenvalue weighted by Crippen LogP contribution is -1.93. The van der Waals surface area contributed by atoms with Gasteiger partial charge in [0.1, 0.15) is 4.64 Å². The standard InChI is InChI=1S/C13H7BrN4S2/c14-8-3-1-7(2-4-8)10-6-20-13-16-11-9(5-15-17-11)12(19)18(10)13/h1-6H,(H,15,17). The lowest BCUT2D eigenvalue weighted by molar-refractivity contribution is 1.09. The van der Waals surface area contributed by atoms with E-state index in [1.165, 1.54) is 0 Å². The largest absolute Gasteiger partial charge is 0.274 e. The van der Waals surface area contributed by atoms with Crippen LogP contribution in [0.1, 0.15) is 0 Å². The van der Waals surface area contributed by atoms with Crippen LogP contribution in [0.15, 0.2) is 40.3 Å². The lowest BCUT2D eigenvalue weighted by Gasteiger charge is -2.03. The van der Waals surface area contributed by atoms with Crippen LogP contribution in [0.3, 0.4) is 0 Å². The van der Waals surface area contributed by atoms with Gasteiger partial charge in [-0.1, -0.05) is 40.3 Å². The van der Waals surface area contributed by atoms with Gasteiger partial charge in [0.15, 0.2) is 10.6 Å². The van der Waals surface area contributed by atoms with Crippen molar-refractivity contribution in [1.82, 2.24) is 19.6 Å². The molecule has 0 atom stereocenters. The van der Waals surface area contributed by atoms with Gasteiger partial charge in [-0.2, -0.15) is 5.10 Å². The average molecular weight is 363 g/mol. The third-order valence-corrected chi connectivity index (χ3v) is 4.87. The Balaban J connectivity index is 2.10. The van der Waals surface area contributed by atoms with Crippen molar-refractivity contribution in [2.45, 2.75) is 0 Å². The molecule has 1 aromatic carbocycles. The van der Waals surface area contributed by atoms with Crippen LogP contribution < -0.4 is 0 Å². The summed E-state index contributed by atoms with van der Waals surface area (Å²) in [5.74, 6) is 0. The summed E-state index contributed by atoms with van der Waals surface area (Å²) in [7, 11) is 0. The van der Waals surface area contributed by atoms with Gasteiger partial charge in [0.05, 0.1) is 17.3 Å². The van der Waals surface area contributed by atoms with Gasteiger partial charge < -0.3 is 0 Å². The minimum absolute atomic E-state index is 0.734. The van der Waals surface area contributed by atoms with E-state index in [2.05, 4.69) is 48.6 Å². The van der Waals surface area contributed by atoms with E-state index >= 15 is 0 Å². The number of nitrogens with one attached hydrogen (secondary N) is 1. The highest BCUT2D eigenvalue weighted by Crippen LogP contribution is 2.28. The van der Waals surface area contributed by atoms with Gasteiger partial charge in [-0.3, -0.25) is 9.50 Å². The van der Waals surface area contributed by atoms with Crippen LogP contribution in [-0.4, -0.2) is 19.6 Å². The number of nitrogens with zero attached hydrogens (tertiary/aromatic N) is 3. The molecule has 0 spiro atoms. The lowest BCUT2D eigenvalue weighted by atomic mass is 10.2. The Kier molecular flexibility index (Phi) is 2.73. The second-order valence-corrected chi connectivity index (χ2v) is 6.43. The van der Waals surface area contributed by atoms with Crippen molar-refractivity contribution < 1.29 is 0 Å². The molecule has 0 aliphatic carbocycles. The first-order chi connectivity index (χ1) is 9.74. The van der Waals surface area contributed by atoms with Crippen LogP contribution in [0.2, 0.25) is 0 Å². The van der Waals surface area contributed by atoms with E-state index in [1.807, 2.05) is 16.5 Å². The Hall–Kier alpha value is -1.57. The summed E-state index contributed by atoms with van der Waals surface area (Å²) < 4.78 is 3.79. The highest BCUT2D eigenvalue weighted by atomic mass is 79.9. The highest BCUT2D eigenvalue weighted by Gasteiger charge is 2.11. The third-order valence-electron chi connectivity index (χ3n) is 3.11. The van der Waals surface area contributed by atoms with Gasteiger partial charge in [-0.05, 0) is 17.7 Å². The summed E-state index contributed by atoms with van der Waals surface area (Å²) in [4.78, 5) is 5.42. The fourth-order valence-corrected chi connectivity index (χ4v) is 3.70. The van der Waals surface area contributed by atoms with Crippen LogP contribution >= 0.6 is 39.5 Å². The normalized spacial score (nSPS) is 11.4. The number of fused-ring (bicyclic) bond motifs is 2. The molecule has 1 N–H and O–H groups in total. The number of aromatic nitrogens is 4. The topological polar surface area (TPSA) is 46.0 Å². The second kappa shape index (κ2) is 4.47. The average Bonchev–Trinajstić information content (AvgIpc) is 3.07. The molecule has 0 aliphatic rings. The van der Waals surface area contributed by atoms with Crippen molar-refractivity contribution in [2.75, 3.05) is 0 Å². The molecule has 0 unspecified atom stereocenters. The molecule has 0 fully saturated rings. The third kappa shape index (κ3) is 1.74. The van der Waals surface area contributed by atoms with Crippen molar-refractivity contribution >= 4 is 55.5 Å². The Bertz CT molecular complexity index is 981. The summed E-state index contributed by atoms with van der Waals surface area (Å²) in [6.45, 7) is 0. The summed E-state index contributed by atoms with van der Waals surface area (Å²) in [6, 6.07) is 8.17. The molecular formula is C13H7BrN4S2. The summed E-state index contributed by atoms with van der Waals surface area (Å²) >= 11 is 10.6. The molecule has 0 radical (unpaired) electrons. The molecule has 4 nitrogen and oxygen atoms in total. The molecule has 0 aliphatic heterocycles. The van der Waals surface area contributed by atoms with Gasteiger partial charge in [0.25, 0.3) is 0 Å². The van der Waals surface area contributed by atoms with Gasteiger partial charge >= 0.3 is 0 Å². The van der Waals surface area contributed by atoms with E-state index < -0.39 is 0 Å². The Morgan fingerprint density at radius 3 is 2.85 bits per heavy atom. The zero-order valence-electron chi connectivity index (χ0n) is 10.0. The van der Waals surface area contributed by atoms with Gasteiger partial charge in [0, 0.05) is 9.85 Å². The maximum absolute atomic E-state index is 5.58. The van der Waals surface area contributed by atoms with Crippen molar-refractivity contribution in [3.05, 3.63) is 45.0 Å². The first-order valence-electron chi connectivity index (χ1n) is 5.83. The number of thiazole rings is 1. The fourth-order valence-electron chi connectivity index (χ4n) is 2.14. The van der Waals surface area contributed by atoms with Crippen LogP contribution in [0, 0.1) is 4.64 Å². The Morgan fingerprint density at radius 2 is 2.05 bits per heavy atom.